The summed E-state index contributed by atoms with van der Waals surface area (Å²) in [4.78, 5) is 31.9. The number of aromatic carboxylic acids is 1. The van der Waals surface area contributed by atoms with E-state index in [1.54, 1.807) is 0 Å². The smallest absolute Gasteiger partial charge is 0.356 e. The number of carbonyl (C=O) groups is 2. The Labute approximate surface area is 231 Å². The molecule has 38 heavy (non-hydrogen) atoms. The van der Waals surface area contributed by atoms with Crippen molar-refractivity contribution in [1.82, 2.24) is 10.0 Å². The molecule has 1 amide bonds. The van der Waals surface area contributed by atoms with Crippen LogP contribution in [0.15, 0.2) is 36.4 Å². The lowest BCUT2D eigenvalue weighted by molar-refractivity contribution is -0.165. The summed E-state index contributed by atoms with van der Waals surface area (Å²) in [6, 6.07) is 9.85. The predicted octanol–water partition coefficient (Wildman–Crippen LogP) is 6.26. The molecule has 3 N–H and O–H groups in total. The number of hydrogen-bond acceptors (Lipinski definition) is 6. The third-order valence-corrected chi connectivity index (χ3v) is 6.53. The van der Waals surface area contributed by atoms with Crippen LogP contribution < -0.4 is 10.5 Å². The van der Waals surface area contributed by atoms with Crippen LogP contribution in [0.25, 0.3) is 11.3 Å². The molecule has 3 aromatic rings. The van der Waals surface area contributed by atoms with Crippen LogP contribution in [0.4, 0.5) is 14.5 Å². The maximum absolute atomic E-state index is 14.3. The number of hydrogen-bond donors (Lipinski definition) is 2. The van der Waals surface area contributed by atoms with Gasteiger partial charge in [0, 0.05) is 10.6 Å². The van der Waals surface area contributed by atoms with Gasteiger partial charge >= 0.3 is 5.97 Å². The number of nitrogen functional groups attached to an aromatic ring is 1. The number of carbonyl (C=O) groups excluding carboxylic acids is 1. The van der Waals surface area contributed by atoms with Crippen LogP contribution >= 0.6 is 34.8 Å². The number of nitrogens with two attached hydrogens (primary N) is 1. The van der Waals surface area contributed by atoms with Gasteiger partial charge in [-0.3, -0.25) is 9.63 Å². The Morgan fingerprint density at radius 1 is 1.16 bits per heavy atom. The second kappa shape index (κ2) is 11.7. The molecule has 0 atom stereocenters. The number of aromatic nitrogens is 1. The number of methoxy groups -OCH3 is 1. The molecule has 0 spiro atoms. The minimum atomic E-state index is -1.53. The Balaban J connectivity index is 0.000000221. The van der Waals surface area contributed by atoms with Crippen LogP contribution in [-0.4, -0.2) is 40.7 Å². The van der Waals surface area contributed by atoms with Crippen LogP contribution in [-0.2, 0) is 16.2 Å². The first-order valence-electron chi connectivity index (χ1n) is 10.9. The number of rotatable bonds is 5. The zero-order valence-corrected chi connectivity index (χ0v) is 22.6. The van der Waals surface area contributed by atoms with Crippen LogP contribution in [0.5, 0.6) is 5.75 Å². The molecule has 0 saturated carbocycles. The number of halogens is 5. The average molecular weight is 589 g/mol. The number of benzene rings is 2. The topological polar surface area (TPSA) is 115 Å². The Morgan fingerprint density at radius 2 is 1.82 bits per heavy atom. The molecule has 0 bridgehead atoms. The van der Waals surface area contributed by atoms with Gasteiger partial charge in [0.05, 0.1) is 41.4 Å². The van der Waals surface area contributed by atoms with Gasteiger partial charge in [0.25, 0.3) is 5.91 Å². The van der Waals surface area contributed by atoms with Crippen molar-refractivity contribution in [3.63, 3.8) is 0 Å². The third-order valence-electron chi connectivity index (χ3n) is 5.48. The van der Waals surface area contributed by atoms with E-state index in [1.165, 1.54) is 18.2 Å². The Bertz CT molecular complexity index is 1410. The van der Waals surface area contributed by atoms with Gasteiger partial charge in [-0.2, -0.15) is 0 Å². The molecule has 2 aromatic carbocycles. The van der Waals surface area contributed by atoms with Gasteiger partial charge in [-0.05, 0) is 37.6 Å². The highest BCUT2D eigenvalue weighted by Crippen LogP contribution is 2.38. The molecule has 1 aliphatic rings. The first-order valence-corrected chi connectivity index (χ1v) is 12.0. The molecule has 13 heteroatoms. The van der Waals surface area contributed by atoms with Crippen LogP contribution in [0, 0.1) is 17.0 Å². The lowest BCUT2D eigenvalue weighted by Crippen LogP contribution is -2.30. The largest absolute Gasteiger partial charge is 0.492 e. The summed E-state index contributed by atoms with van der Waals surface area (Å²) in [5.74, 6) is -3.99. The van der Waals surface area contributed by atoms with Crippen molar-refractivity contribution in [3.05, 3.63) is 74.4 Å². The highest BCUT2D eigenvalue weighted by atomic mass is 35.5. The van der Waals surface area contributed by atoms with E-state index in [0.29, 0.717) is 18.2 Å². The molecule has 0 aliphatic carbocycles. The summed E-state index contributed by atoms with van der Waals surface area (Å²) in [5.41, 5.74) is 3.59. The van der Waals surface area contributed by atoms with Gasteiger partial charge in [-0.15, -0.1) is 0 Å². The molecule has 0 radical (unpaired) electrons. The molecule has 2 heterocycles. The lowest BCUT2D eigenvalue weighted by atomic mass is 9.95. The van der Waals surface area contributed by atoms with Gasteiger partial charge in [-0.1, -0.05) is 53.0 Å². The number of ether oxygens (including phenoxy) is 1. The predicted molar refractivity (Wildman–Crippen MR) is 139 cm³/mol. The average Bonchev–Trinajstić information content (AvgIpc) is 3.12. The van der Waals surface area contributed by atoms with Gasteiger partial charge in [-0.25, -0.2) is 23.6 Å². The second-order valence-electron chi connectivity index (χ2n) is 8.69. The first kappa shape index (κ1) is 29.4. The van der Waals surface area contributed by atoms with Gasteiger partial charge < -0.3 is 15.6 Å². The van der Waals surface area contributed by atoms with Crippen molar-refractivity contribution in [1.29, 1.82) is 0 Å². The zero-order valence-electron chi connectivity index (χ0n) is 20.3. The van der Waals surface area contributed by atoms with Crippen molar-refractivity contribution in [2.45, 2.75) is 20.4 Å². The maximum Gasteiger partial charge on any atom is 0.356 e. The van der Waals surface area contributed by atoms with Crippen molar-refractivity contribution >= 4 is 52.4 Å². The van der Waals surface area contributed by atoms with E-state index in [9.17, 15) is 18.4 Å². The van der Waals surface area contributed by atoms with E-state index in [0.717, 1.165) is 11.6 Å². The van der Waals surface area contributed by atoms with E-state index in [-0.39, 0.29) is 22.2 Å². The minimum absolute atomic E-state index is 0.00687. The van der Waals surface area contributed by atoms with Gasteiger partial charge in [0.15, 0.2) is 23.1 Å². The first-order chi connectivity index (χ1) is 17.8. The molecule has 8 nitrogen and oxygen atoms in total. The van der Waals surface area contributed by atoms with E-state index in [4.69, 9.17) is 55.2 Å². The van der Waals surface area contributed by atoms with E-state index < -0.39 is 45.1 Å². The molecule has 4 rings (SSSR count). The third kappa shape index (κ3) is 5.94. The van der Waals surface area contributed by atoms with E-state index in [1.807, 2.05) is 38.1 Å². The summed E-state index contributed by atoms with van der Waals surface area (Å²) in [7, 11) is 1.18. The van der Waals surface area contributed by atoms with Crippen LogP contribution in [0.3, 0.4) is 0 Å². The number of anilines is 1. The quantitative estimate of drug-likeness (QED) is 0.361. The van der Waals surface area contributed by atoms with E-state index in [2.05, 4.69) is 4.98 Å². The fourth-order valence-electron chi connectivity index (χ4n) is 3.38. The molecule has 202 valence electrons. The Kier molecular flexibility index (Phi) is 9.04. The summed E-state index contributed by atoms with van der Waals surface area (Å²) in [6.07, 6.45) is 0. The SMILES string of the molecule is CC1(C)CON(Cc2ccccc2Cl)C1=O.COc1c(Cl)ccc(-c2nc(C(=O)O)c(Cl)c(N)c2F)c1F. The molecular formula is C25H22Cl3F2N3O5. The minimum Gasteiger partial charge on any atom is -0.492 e. The number of pyridine rings is 1. The van der Waals surface area contributed by atoms with Crippen LogP contribution in [0.1, 0.15) is 29.9 Å². The van der Waals surface area contributed by atoms with Crippen molar-refractivity contribution in [2.75, 3.05) is 19.5 Å². The molecule has 1 aliphatic heterocycles. The molecule has 1 aromatic heterocycles. The fourth-order valence-corrected chi connectivity index (χ4v) is 4.00. The Hall–Kier alpha value is -3.18. The van der Waals surface area contributed by atoms with E-state index >= 15 is 0 Å². The van der Waals surface area contributed by atoms with Crippen molar-refractivity contribution in [3.8, 4) is 17.0 Å². The van der Waals surface area contributed by atoms with Crippen molar-refractivity contribution in [2.24, 2.45) is 5.41 Å². The summed E-state index contributed by atoms with van der Waals surface area (Å²) >= 11 is 17.4. The molecule has 1 fully saturated rings. The maximum atomic E-state index is 14.3. The fraction of sp³-hybridized carbons (Fsp3) is 0.240. The van der Waals surface area contributed by atoms with Gasteiger partial charge in [0.1, 0.15) is 5.69 Å². The lowest BCUT2D eigenvalue weighted by Gasteiger charge is -2.16. The molecular weight excluding hydrogens is 567 g/mol. The standard InChI is InChI=1S/C13H8Cl2F2N2O3.C12H14ClNO2/c1-22-12-5(14)3-2-4(7(12)16)10-8(17)9(18)6(15)11(19-10)13(20)21;1-12(2)8-16-14(11(12)15)7-9-5-3-4-6-10(9)13/h2-3H,1H3,(H2,18,19)(H,20,21);3-6H,7-8H2,1-2H3. The summed E-state index contributed by atoms with van der Waals surface area (Å²) < 4.78 is 33.3. The second-order valence-corrected chi connectivity index (χ2v) is 9.88. The number of hydroxylamine groups is 2. The monoisotopic (exact) mass is 587 g/mol. The zero-order chi connectivity index (χ0) is 28.4. The highest BCUT2D eigenvalue weighted by Gasteiger charge is 2.40. The number of carboxylic acid groups (broad SMARTS) is 1. The Morgan fingerprint density at radius 3 is 2.37 bits per heavy atom. The molecule has 0 unspecified atom stereocenters. The van der Waals surface area contributed by atoms with Gasteiger partial charge in [0.2, 0.25) is 0 Å². The van der Waals surface area contributed by atoms with Crippen molar-refractivity contribution < 1.29 is 33.1 Å². The number of nitrogens with zero attached hydrogens (tertiary/aromatic N) is 2. The number of carboxylic acids is 1. The number of amides is 1. The normalized spacial score (nSPS) is 14.2. The van der Waals surface area contributed by atoms with Crippen LogP contribution in [0.2, 0.25) is 15.1 Å². The summed E-state index contributed by atoms with van der Waals surface area (Å²) in [6.45, 7) is 4.59. The highest BCUT2D eigenvalue weighted by molar-refractivity contribution is 6.35. The summed E-state index contributed by atoms with van der Waals surface area (Å²) in [5, 5.41) is 10.5. The molecule has 1 saturated heterocycles.